The molecule has 32 heavy (non-hydrogen) atoms. The molecule has 2 atom stereocenters. The summed E-state index contributed by atoms with van der Waals surface area (Å²) in [6.07, 6.45) is 6.92. The zero-order valence-electron chi connectivity index (χ0n) is 20.0. The quantitative estimate of drug-likeness (QED) is 0.113. The Morgan fingerprint density at radius 3 is 1.53 bits per heavy atom. The van der Waals surface area contributed by atoms with Gasteiger partial charge in [-0.25, -0.2) is 0 Å². The van der Waals surface area contributed by atoms with Crippen molar-refractivity contribution in [3.8, 4) is 0 Å². The monoisotopic (exact) mass is 484 g/mol. The molecule has 0 saturated heterocycles. The van der Waals surface area contributed by atoms with Gasteiger partial charge in [-0.3, -0.25) is 4.79 Å². The Labute approximate surface area is 256 Å². The van der Waals surface area contributed by atoms with E-state index in [9.17, 15) is 39.6 Å². The average molecular weight is 484 g/mol. The number of ether oxygens (including phenoxy) is 1. The number of esters is 1. The van der Waals surface area contributed by atoms with Crippen molar-refractivity contribution in [1.29, 1.82) is 0 Å². The van der Waals surface area contributed by atoms with Gasteiger partial charge in [-0.2, -0.15) is 0 Å². The molecule has 0 aliphatic rings. The van der Waals surface area contributed by atoms with Crippen LogP contribution in [-0.2, 0) is 23.9 Å². The number of carbonyl (C=O) groups excluding carboxylic acids is 4. The zero-order valence-corrected chi connectivity index (χ0v) is 26.0. The summed E-state index contributed by atoms with van der Waals surface area (Å²) in [5.41, 5.74) is -3.48. The molecule has 0 spiro atoms. The Bertz CT molecular complexity index is 546. The Morgan fingerprint density at radius 2 is 1.19 bits per heavy atom. The number of aliphatic carboxylic acids is 3. The average Bonchev–Trinajstić information content (AvgIpc) is 2.63. The number of unbranched alkanes of at least 4 members (excludes halogenated alkanes) is 10. The molecule has 0 rings (SSSR count). The molecule has 0 aromatic rings. The van der Waals surface area contributed by atoms with Gasteiger partial charge in [-0.15, -0.1) is 0 Å². The van der Waals surface area contributed by atoms with Gasteiger partial charge in [0.15, 0.2) is 11.7 Å². The number of carboxylic acids is 3. The van der Waals surface area contributed by atoms with Gasteiger partial charge in [0, 0.05) is 18.8 Å². The predicted molar refractivity (Wildman–Crippen MR) is 95.5 cm³/mol. The Kier molecular flexibility index (Phi) is 29.5. The molecule has 168 valence electrons. The third-order valence-corrected chi connectivity index (χ3v) is 4.65. The van der Waals surface area contributed by atoms with E-state index in [4.69, 9.17) is 0 Å². The standard InChI is InChI=1S/C20H34O9.3Na/c1-2-3-4-5-6-7-8-9-10-11-12-13-16(23)29-17(18(24)25)20(28,19(26)27)14-15(21)22;;;/h17,28H,2-14H2,1H3,(H,21,22)(H,24,25)(H,26,27);;;/q;3*+1/p-3. The molecule has 0 aliphatic carbocycles. The van der Waals surface area contributed by atoms with E-state index in [1.807, 2.05) is 0 Å². The van der Waals surface area contributed by atoms with Crippen LogP contribution in [0.15, 0.2) is 0 Å². The molecule has 0 aromatic heterocycles. The Hall–Kier alpha value is 0.840. The summed E-state index contributed by atoms with van der Waals surface area (Å²) in [6, 6.07) is 0. The second kappa shape index (κ2) is 23.6. The Morgan fingerprint density at radius 1 is 0.781 bits per heavy atom. The third kappa shape index (κ3) is 18.2. The first-order valence-corrected chi connectivity index (χ1v) is 10.2. The summed E-state index contributed by atoms with van der Waals surface area (Å²) < 4.78 is 4.47. The molecule has 0 radical (unpaired) electrons. The van der Waals surface area contributed by atoms with E-state index in [0.29, 0.717) is 12.8 Å². The molecule has 0 heterocycles. The fourth-order valence-corrected chi connectivity index (χ4v) is 2.96. The van der Waals surface area contributed by atoms with Crippen LogP contribution >= 0.6 is 0 Å². The van der Waals surface area contributed by atoms with Gasteiger partial charge in [0.25, 0.3) is 0 Å². The van der Waals surface area contributed by atoms with Gasteiger partial charge < -0.3 is 39.5 Å². The molecule has 0 amide bonds. The van der Waals surface area contributed by atoms with Gasteiger partial charge in [0.2, 0.25) is 0 Å². The first-order valence-electron chi connectivity index (χ1n) is 10.2. The fourth-order valence-electron chi connectivity index (χ4n) is 2.96. The van der Waals surface area contributed by atoms with Gasteiger partial charge in [-0.1, -0.05) is 71.1 Å². The summed E-state index contributed by atoms with van der Waals surface area (Å²) in [6.45, 7) is 2.17. The van der Waals surface area contributed by atoms with Crippen LogP contribution in [0.2, 0.25) is 0 Å². The predicted octanol–water partition coefficient (Wildman–Crippen LogP) is -10.0. The smallest absolute Gasteiger partial charge is 0.550 e. The van der Waals surface area contributed by atoms with Crippen molar-refractivity contribution in [1.82, 2.24) is 0 Å². The molecule has 0 bridgehead atoms. The normalized spacial score (nSPS) is 12.7. The molecule has 0 aromatic carbocycles. The molecule has 1 N–H and O–H groups in total. The van der Waals surface area contributed by atoms with Crippen LogP contribution < -0.4 is 104 Å². The molecular formula is C20H31Na3O9. The van der Waals surface area contributed by atoms with Crippen LogP contribution in [0.4, 0.5) is 0 Å². The number of carbonyl (C=O) groups is 4. The van der Waals surface area contributed by atoms with E-state index in [1.54, 1.807) is 0 Å². The molecule has 2 unspecified atom stereocenters. The number of aliphatic hydroxyl groups is 1. The van der Waals surface area contributed by atoms with Crippen LogP contribution in [0.3, 0.4) is 0 Å². The summed E-state index contributed by atoms with van der Waals surface area (Å²) in [5, 5.41) is 42.5. The van der Waals surface area contributed by atoms with Crippen molar-refractivity contribution < 1.29 is 133 Å². The maximum atomic E-state index is 11.8. The molecule has 0 aliphatic heterocycles. The Balaban J connectivity index is -0.00000131. The topological polar surface area (TPSA) is 167 Å². The third-order valence-electron chi connectivity index (χ3n) is 4.65. The SMILES string of the molecule is CCCCCCCCCCCCCC(=O)OC(C(=O)[O-])C(O)(CC(=O)[O-])C(=O)[O-].[Na+].[Na+].[Na+]. The first kappa shape index (κ1) is 40.0. The van der Waals surface area contributed by atoms with Crippen molar-refractivity contribution in [3.63, 3.8) is 0 Å². The minimum atomic E-state index is -3.48. The second-order valence-electron chi connectivity index (χ2n) is 7.23. The van der Waals surface area contributed by atoms with Gasteiger partial charge >= 0.3 is 94.6 Å². The van der Waals surface area contributed by atoms with E-state index in [-0.39, 0.29) is 95.1 Å². The van der Waals surface area contributed by atoms with Crippen LogP contribution in [0, 0.1) is 0 Å². The molecular weight excluding hydrogens is 453 g/mol. The maximum absolute atomic E-state index is 11.8. The summed E-state index contributed by atoms with van der Waals surface area (Å²) in [4.78, 5) is 44.5. The number of rotatable bonds is 18. The van der Waals surface area contributed by atoms with Crippen molar-refractivity contribution in [2.24, 2.45) is 0 Å². The molecule has 9 nitrogen and oxygen atoms in total. The van der Waals surface area contributed by atoms with Gasteiger partial charge in [0.1, 0.15) is 0 Å². The van der Waals surface area contributed by atoms with Crippen molar-refractivity contribution in [2.75, 3.05) is 0 Å². The van der Waals surface area contributed by atoms with Crippen molar-refractivity contribution in [3.05, 3.63) is 0 Å². The zero-order chi connectivity index (χ0) is 22.3. The van der Waals surface area contributed by atoms with E-state index in [0.717, 1.165) is 19.3 Å². The maximum Gasteiger partial charge on any atom is 1.00 e. The van der Waals surface area contributed by atoms with Crippen LogP contribution in [0.25, 0.3) is 0 Å². The summed E-state index contributed by atoms with van der Waals surface area (Å²) in [5.74, 6) is -7.79. The molecule has 0 fully saturated rings. The van der Waals surface area contributed by atoms with E-state index >= 15 is 0 Å². The van der Waals surface area contributed by atoms with Crippen LogP contribution in [0.5, 0.6) is 0 Å². The summed E-state index contributed by atoms with van der Waals surface area (Å²) in [7, 11) is 0. The minimum Gasteiger partial charge on any atom is -0.550 e. The number of hydrogen-bond donors (Lipinski definition) is 1. The van der Waals surface area contributed by atoms with Crippen molar-refractivity contribution >= 4 is 23.9 Å². The van der Waals surface area contributed by atoms with E-state index in [1.165, 1.54) is 38.5 Å². The van der Waals surface area contributed by atoms with E-state index in [2.05, 4.69) is 11.7 Å². The minimum absolute atomic E-state index is 0. The first-order chi connectivity index (χ1) is 13.6. The van der Waals surface area contributed by atoms with Gasteiger partial charge in [-0.05, 0) is 6.42 Å². The number of hydrogen-bond acceptors (Lipinski definition) is 9. The molecule has 0 saturated carbocycles. The van der Waals surface area contributed by atoms with Crippen LogP contribution in [-0.4, -0.2) is 40.7 Å². The molecule has 12 heteroatoms. The van der Waals surface area contributed by atoms with Crippen molar-refractivity contribution in [2.45, 2.75) is 102 Å². The van der Waals surface area contributed by atoms with Crippen LogP contribution in [0.1, 0.15) is 90.4 Å². The van der Waals surface area contributed by atoms with Gasteiger partial charge in [0.05, 0.1) is 11.9 Å². The fraction of sp³-hybridized carbons (Fsp3) is 0.800. The van der Waals surface area contributed by atoms with E-state index < -0.39 is 42.0 Å². The largest absolute Gasteiger partial charge is 1.00 e. The second-order valence-corrected chi connectivity index (χ2v) is 7.23. The summed E-state index contributed by atoms with van der Waals surface area (Å²) >= 11 is 0. The number of carboxylic acid groups (broad SMARTS) is 3.